The first-order valence-corrected chi connectivity index (χ1v) is 9.59. The summed E-state index contributed by atoms with van der Waals surface area (Å²) in [6, 6.07) is 8.05. The summed E-state index contributed by atoms with van der Waals surface area (Å²) < 4.78 is 21.2. The number of rotatable bonds is 15. The third kappa shape index (κ3) is 12.2. The maximum Gasteiger partial charge on any atom is 0.191 e. The van der Waals surface area contributed by atoms with Crippen molar-refractivity contribution in [1.29, 1.82) is 0 Å². The van der Waals surface area contributed by atoms with E-state index in [0.717, 1.165) is 43.2 Å². The fourth-order valence-corrected chi connectivity index (χ4v) is 2.26. The van der Waals surface area contributed by atoms with Gasteiger partial charge in [0.25, 0.3) is 0 Å². The Kier molecular flexibility index (Phi) is 14.1. The van der Waals surface area contributed by atoms with Crippen molar-refractivity contribution >= 4 is 5.96 Å². The molecule has 0 aliphatic rings. The summed E-state index contributed by atoms with van der Waals surface area (Å²) in [6.07, 6.45) is 1.79. The Bertz CT molecular complexity index is 512. The molecule has 1 rings (SSSR count). The predicted molar refractivity (Wildman–Crippen MR) is 109 cm³/mol. The molecule has 2 N–H and O–H groups in total. The van der Waals surface area contributed by atoms with Crippen LogP contribution in [-0.2, 0) is 20.8 Å². The number of guanidine groups is 1. The Morgan fingerprint density at radius 3 is 2.59 bits per heavy atom. The lowest BCUT2D eigenvalue weighted by molar-refractivity contribution is 0.0698. The van der Waals surface area contributed by atoms with E-state index in [1.807, 2.05) is 18.2 Å². The minimum Gasteiger partial charge on any atom is -0.493 e. The number of hydrogen-bond donors (Lipinski definition) is 2. The molecule has 0 aliphatic heterocycles. The summed E-state index contributed by atoms with van der Waals surface area (Å²) in [5, 5.41) is 6.59. The second kappa shape index (κ2) is 16.4. The van der Waals surface area contributed by atoms with Crippen LogP contribution in [0.25, 0.3) is 0 Å². The van der Waals surface area contributed by atoms with Gasteiger partial charge in [0.2, 0.25) is 0 Å². The zero-order valence-electron chi connectivity index (χ0n) is 17.0. The molecule has 0 saturated carbocycles. The number of nitrogens with one attached hydrogen (secondary N) is 2. The normalized spacial score (nSPS) is 11.4. The molecule has 0 aromatic heterocycles. The van der Waals surface area contributed by atoms with Crippen molar-refractivity contribution in [2.24, 2.45) is 4.99 Å². The molecule has 0 bridgehead atoms. The molecule has 0 heterocycles. The maximum absolute atomic E-state index is 5.74. The van der Waals surface area contributed by atoms with E-state index in [1.165, 1.54) is 0 Å². The summed E-state index contributed by atoms with van der Waals surface area (Å²) in [5.41, 5.74) is 1.11. The highest BCUT2D eigenvalue weighted by Crippen LogP contribution is 2.14. The predicted octanol–water partition coefficient (Wildman–Crippen LogP) is 2.21. The molecule has 0 unspecified atom stereocenters. The molecule has 0 saturated heterocycles. The van der Waals surface area contributed by atoms with Crippen LogP contribution >= 0.6 is 0 Å². The number of nitrogens with zero attached hydrogens (tertiary/aromatic N) is 1. The van der Waals surface area contributed by atoms with Crippen LogP contribution in [0.3, 0.4) is 0 Å². The second-order valence-corrected chi connectivity index (χ2v) is 5.92. The standard InChI is InChI=1S/C20H35N3O4/c1-4-21-20(22-10-6-12-26-15-14-25-3)23-17-18-8-5-9-19(16-18)27-13-7-11-24-2/h5,8-9,16H,4,6-7,10-15,17H2,1-3H3,(H2,21,22,23). The van der Waals surface area contributed by atoms with Gasteiger partial charge in [-0.25, -0.2) is 4.99 Å². The SMILES string of the molecule is CCNC(=NCc1cccc(OCCCOC)c1)NCCCOCCOC. The fourth-order valence-electron chi connectivity index (χ4n) is 2.26. The van der Waals surface area contributed by atoms with Gasteiger partial charge in [0.1, 0.15) is 5.75 Å². The summed E-state index contributed by atoms with van der Waals surface area (Å²) in [7, 11) is 3.37. The molecule has 0 atom stereocenters. The van der Waals surface area contributed by atoms with Gasteiger partial charge >= 0.3 is 0 Å². The number of benzene rings is 1. The van der Waals surface area contributed by atoms with Crippen LogP contribution in [0.5, 0.6) is 5.75 Å². The quantitative estimate of drug-likeness (QED) is 0.276. The van der Waals surface area contributed by atoms with Crippen molar-refractivity contribution in [3.05, 3.63) is 29.8 Å². The Morgan fingerprint density at radius 2 is 1.81 bits per heavy atom. The van der Waals surface area contributed by atoms with Gasteiger partial charge in [-0.2, -0.15) is 0 Å². The monoisotopic (exact) mass is 381 g/mol. The van der Waals surface area contributed by atoms with Gasteiger partial charge in [0.05, 0.1) is 26.4 Å². The highest BCUT2D eigenvalue weighted by molar-refractivity contribution is 5.79. The molecule has 154 valence electrons. The summed E-state index contributed by atoms with van der Waals surface area (Å²) in [5.74, 6) is 1.67. The largest absolute Gasteiger partial charge is 0.493 e. The average molecular weight is 382 g/mol. The second-order valence-electron chi connectivity index (χ2n) is 5.92. The zero-order chi connectivity index (χ0) is 19.6. The van der Waals surface area contributed by atoms with E-state index in [9.17, 15) is 0 Å². The van der Waals surface area contributed by atoms with Crippen molar-refractivity contribution < 1.29 is 18.9 Å². The molecule has 7 heteroatoms. The minimum atomic E-state index is 0.592. The average Bonchev–Trinajstić information content (AvgIpc) is 2.69. The first-order valence-electron chi connectivity index (χ1n) is 9.59. The van der Waals surface area contributed by atoms with E-state index in [-0.39, 0.29) is 0 Å². The molecule has 0 spiro atoms. The number of methoxy groups -OCH3 is 2. The first-order chi connectivity index (χ1) is 13.3. The molecular weight excluding hydrogens is 346 g/mol. The summed E-state index contributed by atoms with van der Waals surface area (Å²) >= 11 is 0. The fraction of sp³-hybridized carbons (Fsp3) is 0.650. The van der Waals surface area contributed by atoms with E-state index in [0.29, 0.717) is 39.6 Å². The Morgan fingerprint density at radius 1 is 0.963 bits per heavy atom. The van der Waals surface area contributed by atoms with E-state index >= 15 is 0 Å². The third-order valence-corrected chi connectivity index (χ3v) is 3.61. The first kappa shape index (κ1) is 23.2. The third-order valence-electron chi connectivity index (χ3n) is 3.61. The van der Waals surface area contributed by atoms with Crippen LogP contribution in [0.4, 0.5) is 0 Å². The van der Waals surface area contributed by atoms with Gasteiger partial charge in [-0.15, -0.1) is 0 Å². The van der Waals surface area contributed by atoms with E-state index < -0.39 is 0 Å². The van der Waals surface area contributed by atoms with Crippen LogP contribution in [0.15, 0.2) is 29.3 Å². The highest BCUT2D eigenvalue weighted by atomic mass is 16.5. The van der Waals surface area contributed by atoms with Crippen molar-refractivity contribution in [3.63, 3.8) is 0 Å². The molecule has 0 amide bonds. The topological polar surface area (TPSA) is 73.3 Å². The zero-order valence-corrected chi connectivity index (χ0v) is 17.0. The molecule has 0 fully saturated rings. The summed E-state index contributed by atoms with van der Waals surface area (Å²) in [4.78, 5) is 4.64. The maximum atomic E-state index is 5.74. The molecule has 1 aromatic carbocycles. The van der Waals surface area contributed by atoms with Crippen molar-refractivity contribution in [2.45, 2.75) is 26.3 Å². The Hall–Kier alpha value is -1.83. The number of ether oxygens (including phenoxy) is 4. The van der Waals surface area contributed by atoms with Gasteiger partial charge in [-0.3, -0.25) is 0 Å². The summed E-state index contributed by atoms with van der Waals surface area (Å²) in [6.45, 7) is 7.60. The number of hydrogen-bond acceptors (Lipinski definition) is 5. The van der Waals surface area contributed by atoms with Crippen LogP contribution in [-0.4, -0.2) is 66.3 Å². The molecule has 27 heavy (non-hydrogen) atoms. The lowest BCUT2D eigenvalue weighted by Gasteiger charge is -2.12. The smallest absolute Gasteiger partial charge is 0.191 e. The van der Waals surface area contributed by atoms with Crippen molar-refractivity contribution in [3.8, 4) is 5.75 Å². The van der Waals surface area contributed by atoms with Crippen LogP contribution in [0.1, 0.15) is 25.3 Å². The van der Waals surface area contributed by atoms with Gasteiger partial charge in [-0.1, -0.05) is 12.1 Å². The van der Waals surface area contributed by atoms with Crippen molar-refractivity contribution in [1.82, 2.24) is 10.6 Å². The van der Waals surface area contributed by atoms with E-state index in [2.05, 4.69) is 28.6 Å². The minimum absolute atomic E-state index is 0.592. The van der Waals surface area contributed by atoms with Crippen LogP contribution in [0, 0.1) is 0 Å². The van der Waals surface area contributed by atoms with Crippen LogP contribution < -0.4 is 15.4 Å². The van der Waals surface area contributed by atoms with E-state index in [1.54, 1.807) is 14.2 Å². The van der Waals surface area contributed by atoms with Gasteiger partial charge < -0.3 is 29.6 Å². The molecule has 1 aromatic rings. The lowest BCUT2D eigenvalue weighted by Crippen LogP contribution is -2.38. The molecule has 7 nitrogen and oxygen atoms in total. The van der Waals surface area contributed by atoms with Crippen molar-refractivity contribution in [2.75, 3.05) is 60.3 Å². The molecule has 0 radical (unpaired) electrons. The molecular formula is C20H35N3O4. The number of aliphatic imine (C=N–C) groups is 1. The van der Waals surface area contributed by atoms with Crippen LogP contribution in [0.2, 0.25) is 0 Å². The van der Waals surface area contributed by atoms with E-state index in [4.69, 9.17) is 18.9 Å². The Labute approximate surface area is 163 Å². The van der Waals surface area contributed by atoms with Gasteiger partial charge in [0, 0.05) is 46.9 Å². The van der Waals surface area contributed by atoms with Gasteiger partial charge in [0.15, 0.2) is 5.96 Å². The lowest BCUT2D eigenvalue weighted by atomic mass is 10.2. The van der Waals surface area contributed by atoms with Gasteiger partial charge in [-0.05, 0) is 31.0 Å². The molecule has 0 aliphatic carbocycles. The highest BCUT2D eigenvalue weighted by Gasteiger charge is 2.00. The Balaban J connectivity index is 2.38.